The maximum absolute atomic E-state index is 12.1. The number of carbonyl (C=O) groups is 3. The molecular formula is C19H21F3N2O4. The van der Waals surface area contributed by atoms with Crippen LogP contribution in [0.15, 0.2) is 36.9 Å². The Morgan fingerprint density at radius 2 is 1.93 bits per heavy atom. The summed E-state index contributed by atoms with van der Waals surface area (Å²) < 4.78 is 35.9. The minimum Gasteiger partial charge on any atom is -0.480 e. The zero-order valence-electron chi connectivity index (χ0n) is 15.3. The van der Waals surface area contributed by atoms with Crippen LogP contribution in [0, 0.1) is 6.92 Å². The molecule has 6 nitrogen and oxygen atoms in total. The minimum atomic E-state index is -4.22. The molecule has 1 aromatic carbocycles. The second kappa shape index (κ2) is 8.04. The van der Waals surface area contributed by atoms with Crippen LogP contribution in [0.5, 0.6) is 0 Å². The molecule has 2 aliphatic rings. The summed E-state index contributed by atoms with van der Waals surface area (Å²) in [5.74, 6) is -1.54. The number of nitrogens with zero attached hydrogens (tertiary/aromatic N) is 2. The van der Waals surface area contributed by atoms with Crippen LogP contribution < -0.4 is 0 Å². The predicted molar refractivity (Wildman–Crippen MR) is 94.3 cm³/mol. The first kappa shape index (κ1) is 21.5. The van der Waals surface area contributed by atoms with E-state index in [9.17, 15) is 27.6 Å². The number of alkyl halides is 3. The standard InChI is InChI=1S/C11H14N2O4.C8H7F3/c1-2-8(14)13-6-5-12(7-9(15)16)10(17)11(13)3-4-11;1-6-3-2-4-7(5-6)8(9,10)11/h2H,1,3-7H2,(H,15,16);2-5H,1H3. The van der Waals surface area contributed by atoms with Gasteiger partial charge in [0.05, 0.1) is 5.56 Å². The van der Waals surface area contributed by atoms with Gasteiger partial charge in [0.15, 0.2) is 0 Å². The van der Waals surface area contributed by atoms with Crippen LogP contribution in [-0.4, -0.2) is 57.9 Å². The van der Waals surface area contributed by atoms with Gasteiger partial charge in [-0.1, -0.05) is 30.3 Å². The van der Waals surface area contributed by atoms with Crippen LogP contribution in [-0.2, 0) is 20.6 Å². The molecule has 0 unspecified atom stereocenters. The van der Waals surface area contributed by atoms with Gasteiger partial charge in [-0.3, -0.25) is 14.4 Å². The second-order valence-corrected chi connectivity index (χ2v) is 6.71. The van der Waals surface area contributed by atoms with Gasteiger partial charge in [0.25, 0.3) is 0 Å². The van der Waals surface area contributed by atoms with Crippen LogP contribution in [0.3, 0.4) is 0 Å². The number of benzene rings is 1. The molecule has 1 saturated carbocycles. The van der Waals surface area contributed by atoms with E-state index in [4.69, 9.17) is 5.11 Å². The molecule has 0 radical (unpaired) electrons. The van der Waals surface area contributed by atoms with Crippen molar-refractivity contribution in [2.75, 3.05) is 19.6 Å². The summed E-state index contributed by atoms with van der Waals surface area (Å²) in [4.78, 5) is 37.2. The van der Waals surface area contributed by atoms with Gasteiger partial charge in [-0.05, 0) is 31.9 Å². The third-order valence-corrected chi connectivity index (χ3v) is 4.63. The fourth-order valence-corrected chi connectivity index (χ4v) is 3.12. The largest absolute Gasteiger partial charge is 0.480 e. The van der Waals surface area contributed by atoms with Crippen molar-refractivity contribution >= 4 is 17.8 Å². The monoisotopic (exact) mass is 398 g/mol. The number of aryl methyl sites for hydroxylation is 1. The van der Waals surface area contributed by atoms with E-state index in [1.54, 1.807) is 13.0 Å². The molecule has 2 amide bonds. The molecular weight excluding hydrogens is 377 g/mol. The van der Waals surface area contributed by atoms with E-state index in [0.29, 0.717) is 24.9 Å². The lowest BCUT2D eigenvalue weighted by atomic mass is 10.1. The lowest BCUT2D eigenvalue weighted by Crippen LogP contribution is -2.61. The maximum atomic E-state index is 12.1. The van der Waals surface area contributed by atoms with Crippen molar-refractivity contribution in [3.63, 3.8) is 0 Å². The molecule has 0 aromatic heterocycles. The highest BCUT2D eigenvalue weighted by Gasteiger charge is 2.59. The smallest absolute Gasteiger partial charge is 0.416 e. The van der Waals surface area contributed by atoms with E-state index in [1.807, 2.05) is 0 Å². The van der Waals surface area contributed by atoms with Crippen LogP contribution in [0.2, 0.25) is 0 Å². The molecule has 0 atom stereocenters. The zero-order valence-corrected chi connectivity index (χ0v) is 15.3. The quantitative estimate of drug-likeness (QED) is 0.794. The number of piperazine rings is 1. The molecule has 2 fully saturated rings. The van der Waals surface area contributed by atoms with Crippen LogP contribution >= 0.6 is 0 Å². The number of aliphatic carboxylic acids is 1. The molecule has 1 heterocycles. The molecule has 9 heteroatoms. The number of amides is 2. The highest BCUT2D eigenvalue weighted by Crippen LogP contribution is 2.45. The van der Waals surface area contributed by atoms with Crippen molar-refractivity contribution < 1.29 is 32.7 Å². The molecule has 28 heavy (non-hydrogen) atoms. The van der Waals surface area contributed by atoms with Gasteiger partial charge in [-0.15, -0.1) is 0 Å². The first-order valence-corrected chi connectivity index (χ1v) is 8.60. The normalized spacial score (nSPS) is 17.6. The zero-order chi connectivity index (χ0) is 21.1. The average Bonchev–Trinajstić information content (AvgIpc) is 3.40. The number of hydrogen-bond donors (Lipinski definition) is 1. The highest BCUT2D eigenvalue weighted by molar-refractivity contribution is 5.99. The van der Waals surface area contributed by atoms with Crippen molar-refractivity contribution in [3.05, 3.63) is 48.0 Å². The SMILES string of the molecule is C=CC(=O)N1CCN(CC(=O)O)C(=O)C12CC2.Cc1cccc(C(F)(F)F)c1. The molecule has 3 rings (SSSR count). The Balaban J connectivity index is 0.000000221. The Labute approximate surface area is 160 Å². The summed E-state index contributed by atoms with van der Waals surface area (Å²) in [6, 6.07) is 5.22. The van der Waals surface area contributed by atoms with E-state index >= 15 is 0 Å². The topological polar surface area (TPSA) is 77.9 Å². The molecule has 1 spiro atoms. The van der Waals surface area contributed by atoms with Gasteiger partial charge in [0, 0.05) is 13.1 Å². The molecule has 1 saturated heterocycles. The van der Waals surface area contributed by atoms with E-state index in [2.05, 4.69) is 6.58 Å². The van der Waals surface area contributed by atoms with Crippen molar-refractivity contribution in [3.8, 4) is 0 Å². The molecule has 1 N–H and O–H groups in total. The third-order valence-electron chi connectivity index (χ3n) is 4.63. The van der Waals surface area contributed by atoms with Crippen molar-refractivity contribution in [1.82, 2.24) is 9.80 Å². The number of carboxylic acids is 1. The summed E-state index contributed by atoms with van der Waals surface area (Å²) >= 11 is 0. The van der Waals surface area contributed by atoms with Gasteiger partial charge in [0.1, 0.15) is 12.1 Å². The van der Waals surface area contributed by atoms with Gasteiger partial charge in [0.2, 0.25) is 11.8 Å². The van der Waals surface area contributed by atoms with Crippen LogP contribution in [0.4, 0.5) is 13.2 Å². The van der Waals surface area contributed by atoms with Gasteiger partial charge in [-0.2, -0.15) is 13.2 Å². The van der Waals surface area contributed by atoms with E-state index in [-0.39, 0.29) is 24.9 Å². The predicted octanol–water partition coefficient (Wildman–Crippen LogP) is 2.47. The number of rotatable bonds is 3. The van der Waals surface area contributed by atoms with Gasteiger partial charge < -0.3 is 14.9 Å². The fraction of sp³-hybridized carbons (Fsp3) is 0.421. The van der Waals surface area contributed by atoms with E-state index < -0.39 is 23.2 Å². The Hall–Kier alpha value is -2.84. The summed E-state index contributed by atoms with van der Waals surface area (Å²) in [6.07, 6.45) is -1.80. The summed E-state index contributed by atoms with van der Waals surface area (Å²) in [7, 11) is 0. The first-order valence-electron chi connectivity index (χ1n) is 8.60. The number of halogens is 3. The van der Waals surface area contributed by atoms with Crippen molar-refractivity contribution in [2.45, 2.75) is 31.5 Å². The fourth-order valence-electron chi connectivity index (χ4n) is 3.12. The average molecular weight is 398 g/mol. The lowest BCUT2D eigenvalue weighted by Gasteiger charge is -2.40. The lowest BCUT2D eigenvalue weighted by molar-refractivity contribution is -0.155. The van der Waals surface area contributed by atoms with E-state index in [0.717, 1.165) is 12.1 Å². The van der Waals surface area contributed by atoms with E-state index in [1.165, 1.54) is 21.9 Å². The maximum Gasteiger partial charge on any atom is 0.416 e. The molecule has 0 bridgehead atoms. The van der Waals surface area contributed by atoms with Crippen molar-refractivity contribution in [1.29, 1.82) is 0 Å². The first-order chi connectivity index (χ1) is 13.0. The van der Waals surface area contributed by atoms with Gasteiger partial charge >= 0.3 is 12.1 Å². The summed E-state index contributed by atoms with van der Waals surface area (Å²) in [5, 5.41) is 8.70. The Morgan fingerprint density at radius 3 is 2.36 bits per heavy atom. The minimum absolute atomic E-state index is 0.249. The van der Waals surface area contributed by atoms with Crippen LogP contribution in [0.1, 0.15) is 24.0 Å². The summed E-state index contributed by atoms with van der Waals surface area (Å²) in [6.45, 7) is 5.40. The Morgan fingerprint density at radius 1 is 1.29 bits per heavy atom. The van der Waals surface area contributed by atoms with Crippen molar-refractivity contribution in [2.24, 2.45) is 0 Å². The Kier molecular flexibility index (Phi) is 6.16. The molecule has 152 valence electrons. The number of carboxylic acid groups (broad SMARTS) is 1. The molecule has 1 aromatic rings. The number of hydrogen-bond acceptors (Lipinski definition) is 3. The third kappa shape index (κ3) is 4.71. The molecule has 1 aliphatic carbocycles. The summed E-state index contributed by atoms with van der Waals surface area (Å²) in [5.41, 5.74) is -0.740. The van der Waals surface area contributed by atoms with Gasteiger partial charge in [-0.25, -0.2) is 0 Å². The number of carbonyl (C=O) groups excluding carboxylic acids is 2. The molecule has 1 aliphatic heterocycles. The Bertz CT molecular complexity index is 788. The highest BCUT2D eigenvalue weighted by atomic mass is 19.4. The second-order valence-electron chi connectivity index (χ2n) is 6.71. The van der Waals surface area contributed by atoms with Crippen LogP contribution in [0.25, 0.3) is 0 Å².